The molecule has 0 saturated carbocycles. The summed E-state index contributed by atoms with van der Waals surface area (Å²) in [4.78, 5) is 0. The fourth-order valence-corrected chi connectivity index (χ4v) is 3.02. The zero-order valence-corrected chi connectivity index (χ0v) is 15.7. The van der Waals surface area contributed by atoms with Crippen molar-refractivity contribution in [2.45, 2.75) is 33.7 Å². The third kappa shape index (κ3) is 4.31. The Labute approximate surface area is 146 Å². The predicted molar refractivity (Wildman–Crippen MR) is 103 cm³/mol. The zero-order chi connectivity index (χ0) is 16.3. The Morgan fingerprint density at radius 2 is 1.77 bits per heavy atom. The summed E-state index contributed by atoms with van der Waals surface area (Å²) in [5.74, 6) is 0. The molecule has 0 aliphatic rings. The maximum atomic E-state index is 5.42. The van der Waals surface area contributed by atoms with E-state index in [4.69, 9.17) is 12.2 Å². The molecule has 0 bridgehead atoms. The molecule has 0 heterocycles. The molecule has 0 spiro atoms. The Hall–Kier alpha value is -1.39. The van der Waals surface area contributed by atoms with E-state index in [0.717, 1.165) is 10.2 Å². The normalized spacial score (nSPS) is 11.9. The molecule has 0 radical (unpaired) electrons. The van der Waals surface area contributed by atoms with Gasteiger partial charge in [-0.3, -0.25) is 0 Å². The summed E-state index contributed by atoms with van der Waals surface area (Å²) in [5.41, 5.74) is 5.99. The van der Waals surface area contributed by atoms with Crippen LogP contribution in [0.1, 0.15) is 35.2 Å². The SMILES string of the molecule is Cc1ccc(C(C)NC(=S)Nc2ccc(Br)c(C)c2)c(C)c1. The lowest BCUT2D eigenvalue weighted by Gasteiger charge is -2.19. The molecule has 0 aliphatic heterocycles. The second-order valence-corrected chi connectivity index (χ2v) is 6.91. The Kier molecular flexibility index (Phi) is 5.59. The maximum Gasteiger partial charge on any atom is 0.171 e. The number of benzene rings is 2. The highest BCUT2D eigenvalue weighted by Gasteiger charge is 2.10. The number of hydrogen-bond acceptors (Lipinski definition) is 1. The van der Waals surface area contributed by atoms with Crippen molar-refractivity contribution in [3.63, 3.8) is 0 Å². The van der Waals surface area contributed by atoms with Gasteiger partial charge in [0, 0.05) is 10.2 Å². The van der Waals surface area contributed by atoms with Crippen LogP contribution < -0.4 is 10.6 Å². The molecule has 22 heavy (non-hydrogen) atoms. The minimum Gasteiger partial charge on any atom is -0.356 e. The molecule has 2 nitrogen and oxygen atoms in total. The van der Waals surface area contributed by atoms with Crippen LogP contribution in [-0.2, 0) is 0 Å². The summed E-state index contributed by atoms with van der Waals surface area (Å²) in [6.45, 7) is 8.43. The first-order valence-corrected chi connectivity index (χ1v) is 8.48. The Balaban J connectivity index is 2.03. The van der Waals surface area contributed by atoms with Gasteiger partial charge >= 0.3 is 0 Å². The van der Waals surface area contributed by atoms with Gasteiger partial charge in [-0.05, 0) is 74.8 Å². The van der Waals surface area contributed by atoms with Crippen LogP contribution in [-0.4, -0.2) is 5.11 Å². The topological polar surface area (TPSA) is 24.1 Å². The maximum absolute atomic E-state index is 5.42. The smallest absolute Gasteiger partial charge is 0.171 e. The highest BCUT2D eigenvalue weighted by atomic mass is 79.9. The van der Waals surface area contributed by atoms with E-state index in [1.807, 2.05) is 12.1 Å². The average molecular weight is 377 g/mol. The summed E-state index contributed by atoms with van der Waals surface area (Å²) in [6.07, 6.45) is 0. The first-order valence-electron chi connectivity index (χ1n) is 7.27. The van der Waals surface area contributed by atoms with Gasteiger partial charge in [-0.2, -0.15) is 0 Å². The van der Waals surface area contributed by atoms with E-state index in [2.05, 4.69) is 78.5 Å². The number of aryl methyl sites for hydroxylation is 3. The predicted octanol–water partition coefficient (Wildman–Crippen LogP) is 5.42. The molecule has 0 saturated heterocycles. The van der Waals surface area contributed by atoms with Crippen LogP contribution in [0.5, 0.6) is 0 Å². The van der Waals surface area contributed by atoms with Crippen molar-refractivity contribution in [3.8, 4) is 0 Å². The number of rotatable bonds is 3. The Bertz CT molecular complexity index is 697. The van der Waals surface area contributed by atoms with Gasteiger partial charge in [-0.15, -0.1) is 0 Å². The summed E-state index contributed by atoms with van der Waals surface area (Å²) in [5, 5.41) is 7.22. The van der Waals surface area contributed by atoms with Crippen molar-refractivity contribution >= 4 is 38.9 Å². The number of thiocarbonyl (C=S) groups is 1. The molecule has 0 amide bonds. The molecule has 0 fully saturated rings. The van der Waals surface area contributed by atoms with Crippen molar-refractivity contribution in [1.29, 1.82) is 0 Å². The molecular formula is C18H21BrN2S. The minimum atomic E-state index is 0.164. The van der Waals surface area contributed by atoms with Gasteiger partial charge in [0.1, 0.15) is 0 Å². The molecule has 2 aromatic rings. The van der Waals surface area contributed by atoms with Gasteiger partial charge < -0.3 is 10.6 Å². The van der Waals surface area contributed by atoms with Gasteiger partial charge in [0.25, 0.3) is 0 Å². The molecule has 2 rings (SSSR count). The fourth-order valence-electron chi connectivity index (χ4n) is 2.48. The molecule has 116 valence electrons. The Morgan fingerprint density at radius 3 is 2.41 bits per heavy atom. The molecule has 2 N–H and O–H groups in total. The fraction of sp³-hybridized carbons (Fsp3) is 0.278. The van der Waals surface area contributed by atoms with Crippen LogP contribution in [0, 0.1) is 20.8 Å². The van der Waals surface area contributed by atoms with Gasteiger partial charge in [-0.25, -0.2) is 0 Å². The van der Waals surface area contributed by atoms with E-state index >= 15 is 0 Å². The molecule has 1 atom stereocenters. The number of anilines is 1. The monoisotopic (exact) mass is 376 g/mol. The lowest BCUT2D eigenvalue weighted by Crippen LogP contribution is -2.31. The highest BCUT2D eigenvalue weighted by Crippen LogP contribution is 2.21. The lowest BCUT2D eigenvalue weighted by atomic mass is 10.0. The molecule has 0 aliphatic carbocycles. The second-order valence-electron chi connectivity index (χ2n) is 5.64. The number of halogens is 1. The summed E-state index contributed by atoms with van der Waals surface area (Å²) >= 11 is 8.93. The minimum absolute atomic E-state index is 0.164. The van der Waals surface area contributed by atoms with E-state index in [9.17, 15) is 0 Å². The van der Waals surface area contributed by atoms with E-state index in [1.54, 1.807) is 0 Å². The van der Waals surface area contributed by atoms with Crippen molar-refractivity contribution in [1.82, 2.24) is 5.32 Å². The van der Waals surface area contributed by atoms with Crippen LogP contribution in [0.25, 0.3) is 0 Å². The van der Waals surface area contributed by atoms with E-state index in [-0.39, 0.29) is 6.04 Å². The third-order valence-corrected chi connectivity index (χ3v) is 4.76. The molecule has 0 aromatic heterocycles. The van der Waals surface area contributed by atoms with Crippen LogP contribution in [0.15, 0.2) is 40.9 Å². The molecule has 4 heteroatoms. The van der Waals surface area contributed by atoms with Gasteiger partial charge in [0.15, 0.2) is 5.11 Å². The van der Waals surface area contributed by atoms with Crippen LogP contribution >= 0.6 is 28.1 Å². The van der Waals surface area contributed by atoms with Crippen molar-refractivity contribution in [3.05, 3.63) is 63.1 Å². The summed E-state index contributed by atoms with van der Waals surface area (Å²) in [7, 11) is 0. The van der Waals surface area contributed by atoms with Crippen molar-refractivity contribution < 1.29 is 0 Å². The van der Waals surface area contributed by atoms with Gasteiger partial charge in [0.2, 0.25) is 0 Å². The second kappa shape index (κ2) is 7.25. The Morgan fingerprint density at radius 1 is 1.05 bits per heavy atom. The largest absolute Gasteiger partial charge is 0.356 e. The van der Waals surface area contributed by atoms with Crippen molar-refractivity contribution in [2.24, 2.45) is 0 Å². The first-order chi connectivity index (χ1) is 10.4. The third-order valence-electron chi connectivity index (χ3n) is 3.66. The summed E-state index contributed by atoms with van der Waals surface area (Å²) < 4.78 is 1.10. The molecule has 2 aromatic carbocycles. The van der Waals surface area contributed by atoms with E-state index in [1.165, 1.54) is 22.3 Å². The van der Waals surface area contributed by atoms with E-state index in [0.29, 0.717) is 5.11 Å². The lowest BCUT2D eigenvalue weighted by molar-refractivity contribution is 0.717. The molecular weight excluding hydrogens is 356 g/mol. The highest BCUT2D eigenvalue weighted by molar-refractivity contribution is 9.10. The quantitative estimate of drug-likeness (QED) is 0.699. The van der Waals surface area contributed by atoms with Gasteiger partial charge in [-0.1, -0.05) is 39.7 Å². The first kappa shape index (κ1) is 17.0. The van der Waals surface area contributed by atoms with Crippen LogP contribution in [0.3, 0.4) is 0 Å². The van der Waals surface area contributed by atoms with Gasteiger partial charge in [0.05, 0.1) is 6.04 Å². The average Bonchev–Trinajstić information content (AvgIpc) is 2.42. The number of nitrogens with one attached hydrogen (secondary N) is 2. The van der Waals surface area contributed by atoms with Crippen LogP contribution in [0.2, 0.25) is 0 Å². The van der Waals surface area contributed by atoms with Crippen LogP contribution in [0.4, 0.5) is 5.69 Å². The van der Waals surface area contributed by atoms with E-state index < -0.39 is 0 Å². The molecule has 1 unspecified atom stereocenters. The summed E-state index contributed by atoms with van der Waals surface area (Å²) in [6, 6.07) is 12.8. The van der Waals surface area contributed by atoms with Crippen molar-refractivity contribution in [2.75, 3.05) is 5.32 Å². The standard InChI is InChI=1S/C18H21BrN2S/c1-11-5-7-16(12(2)9-11)14(4)20-18(22)21-15-6-8-17(19)13(3)10-15/h5-10,14H,1-4H3,(H2,20,21,22). The number of hydrogen-bond donors (Lipinski definition) is 2. The zero-order valence-electron chi connectivity index (χ0n) is 13.3.